The van der Waals surface area contributed by atoms with Crippen molar-refractivity contribution in [2.24, 2.45) is 0 Å². The van der Waals surface area contributed by atoms with E-state index >= 15 is 0 Å². The van der Waals surface area contributed by atoms with Crippen LogP contribution in [0.15, 0.2) is 121 Å². The summed E-state index contributed by atoms with van der Waals surface area (Å²) in [4.78, 5) is 0. The maximum atomic E-state index is 13.7. The van der Waals surface area contributed by atoms with Crippen LogP contribution >= 0.6 is 7.92 Å². The van der Waals surface area contributed by atoms with Gasteiger partial charge in [0.05, 0.1) is 27.8 Å². The molecular weight excluding hydrogens is 1010 g/mol. The fourth-order valence-electron chi connectivity index (χ4n) is 8.49. The van der Waals surface area contributed by atoms with Crippen molar-refractivity contribution in [1.82, 2.24) is 0 Å². The van der Waals surface area contributed by atoms with Crippen LogP contribution in [0.5, 0.6) is 0 Å². The zero-order chi connectivity index (χ0) is 51.3. The predicted molar refractivity (Wildman–Crippen MR) is 236 cm³/mol. The molecule has 372 valence electrons. The van der Waals surface area contributed by atoms with Crippen LogP contribution < -0.4 is 0 Å². The van der Waals surface area contributed by atoms with E-state index < -0.39 is 58.7 Å². The molecule has 0 heterocycles. The molecule has 17 heteroatoms. The Morgan fingerprint density at radius 1 is 0.271 bits per heavy atom. The molecule has 5 aromatic carbocycles. The summed E-state index contributed by atoms with van der Waals surface area (Å²) in [6, 6.07) is 16.6. The van der Waals surface area contributed by atoms with Gasteiger partial charge in [0.15, 0.2) is 0 Å². The van der Waals surface area contributed by atoms with Crippen LogP contribution in [0.4, 0.5) is 65.9 Å². The Balaban J connectivity index is 0.000000524. The molecule has 0 aliphatic heterocycles. The van der Waals surface area contributed by atoms with E-state index in [4.69, 9.17) is 0 Å². The van der Waals surface area contributed by atoms with Crippen molar-refractivity contribution >= 4 is 7.92 Å². The third-order valence-corrected chi connectivity index (χ3v) is 14.5. The zero-order valence-electron chi connectivity index (χ0n) is 37.8. The van der Waals surface area contributed by atoms with Gasteiger partial charge in [-0.05, 0) is 124 Å². The Labute approximate surface area is 410 Å². The van der Waals surface area contributed by atoms with Gasteiger partial charge in [-0.2, -0.15) is 65.9 Å². The Hall–Kier alpha value is -4.00. The normalized spacial score (nSPS) is 16.9. The maximum absolute atomic E-state index is 13.7. The quantitative estimate of drug-likeness (QED) is 0.0903. The van der Waals surface area contributed by atoms with Gasteiger partial charge in [0.2, 0.25) is 0 Å². The second kappa shape index (κ2) is 20.9. The van der Waals surface area contributed by atoms with E-state index in [0.717, 1.165) is 60.7 Å². The first-order valence-electron chi connectivity index (χ1n) is 20.9. The Kier molecular flexibility index (Phi) is 17.0. The van der Waals surface area contributed by atoms with Crippen molar-refractivity contribution in [2.45, 2.75) is 82.7 Å². The molecule has 0 N–H and O–H groups in total. The van der Waals surface area contributed by atoms with Crippen molar-refractivity contribution in [1.29, 1.82) is 0 Å². The van der Waals surface area contributed by atoms with E-state index in [1.165, 1.54) is 0 Å². The minimum atomic E-state index is -4.84. The second-order valence-electron chi connectivity index (χ2n) is 18.1. The summed E-state index contributed by atoms with van der Waals surface area (Å²) in [6.07, 6.45) is -15.3. The minimum Gasteiger partial charge on any atom is -0.166 e. The number of benzene rings is 5. The molecule has 2 aliphatic rings. The van der Waals surface area contributed by atoms with Crippen molar-refractivity contribution in [3.8, 4) is 0 Å². The molecule has 2 fully saturated rings. The maximum Gasteiger partial charge on any atom is 0.416 e. The summed E-state index contributed by atoms with van der Waals surface area (Å²) in [7, 11) is -0.101. The molecule has 0 unspecified atom stereocenters. The third kappa shape index (κ3) is 13.1. The van der Waals surface area contributed by atoms with E-state index in [1.807, 2.05) is 0 Å². The summed E-state index contributed by atoms with van der Waals surface area (Å²) >= 11 is 0. The first-order chi connectivity index (χ1) is 31.7. The van der Waals surface area contributed by atoms with Crippen molar-refractivity contribution in [3.63, 3.8) is 0 Å². The van der Waals surface area contributed by atoms with E-state index in [1.54, 1.807) is 5.66 Å². The van der Waals surface area contributed by atoms with Crippen LogP contribution in [0, 0.1) is 60.9 Å². The van der Waals surface area contributed by atoms with Crippen LogP contribution in [0.3, 0.4) is 0 Å². The zero-order valence-corrected chi connectivity index (χ0v) is 39.8. The van der Waals surface area contributed by atoms with E-state index in [9.17, 15) is 65.9 Å². The van der Waals surface area contributed by atoms with Gasteiger partial charge in [-0.15, -0.1) is 0 Å². The number of rotatable bonds is 6. The monoisotopic (exact) mass is 1050 g/mol. The molecule has 0 bridgehead atoms. The number of hydrogen-bond donors (Lipinski definition) is 0. The third-order valence-electron chi connectivity index (χ3n) is 11.0. The van der Waals surface area contributed by atoms with Crippen LogP contribution in [-0.4, -0.2) is 10.3 Å². The standard InChI is InChI=1S/C40H20F15.C13H22P.Fe/c41-36(42,43)26-11-1-21(2-12-26)31-32(22-3-13-27(14-4-22)37(44,45)46)34(24-7-17-29(18-8-24)39(50,51)52)35(25-9-19-30(20-10-25)40(53,54)55)33(31)23-5-15-28(16-6-23)38(47,48)49;1-12(2,3)14(13(4,5)6)11-9-7-8-10-11;/h1-20H;7-10H,1-6H3;. The molecule has 10 radical (unpaired) electrons. The number of hydrogen-bond acceptors (Lipinski definition) is 0. The summed E-state index contributed by atoms with van der Waals surface area (Å²) < 4.78 is 205. The molecule has 2 aliphatic carbocycles. The molecule has 0 saturated heterocycles. The largest absolute Gasteiger partial charge is 0.416 e. The molecule has 0 amide bonds. The van der Waals surface area contributed by atoms with Crippen molar-refractivity contribution in [3.05, 3.63) is 238 Å². The minimum absolute atomic E-state index is 0. The average molecular weight is 1050 g/mol. The molecule has 0 aromatic heterocycles. The molecule has 0 spiro atoms. The summed E-state index contributed by atoms with van der Waals surface area (Å²) in [5.41, 5.74) is -4.41. The Morgan fingerprint density at radius 3 is 0.557 bits per heavy atom. The van der Waals surface area contributed by atoms with Crippen LogP contribution in [0.25, 0.3) is 0 Å². The molecule has 0 atom stereocenters. The average Bonchev–Trinajstić information content (AvgIpc) is 3.88. The molecule has 7 rings (SSSR count). The SMILES string of the molecule is CC(C)(C)P([C]1[CH][CH][CH][CH]1)C(C)(C)C.FC(F)(F)c1ccc([C]2[C](c3ccc(C(F)(F)F)cc3)[C](c3ccc(C(F)(F)F)cc3)[C](c3ccc(C(F)(F)F)cc3)[C]2c2ccc(C(F)(F)F)cc2)cc1.[Fe]. The molecule has 70 heavy (non-hydrogen) atoms. The van der Waals surface area contributed by atoms with Crippen LogP contribution in [0.1, 0.15) is 97.2 Å². The first kappa shape index (κ1) is 56.9. The fraction of sp³-hybridized carbons (Fsp3) is 0.245. The Morgan fingerprint density at radius 2 is 0.429 bits per heavy atom. The predicted octanol–water partition coefficient (Wildman–Crippen LogP) is 17.6. The van der Waals surface area contributed by atoms with Gasteiger partial charge in [-0.1, -0.05) is 110 Å². The van der Waals surface area contributed by atoms with Gasteiger partial charge < -0.3 is 0 Å². The van der Waals surface area contributed by atoms with Gasteiger partial charge in [-0.25, -0.2) is 0 Å². The smallest absolute Gasteiger partial charge is 0.166 e. The Bertz CT molecular complexity index is 2070. The molecular formula is C53H42F15FeP. The summed E-state index contributed by atoms with van der Waals surface area (Å²) in [5, 5.41) is 0.782. The van der Waals surface area contributed by atoms with Gasteiger partial charge in [-0.3, -0.25) is 0 Å². The topological polar surface area (TPSA) is 0 Å². The van der Waals surface area contributed by atoms with E-state index in [0.29, 0.717) is 71.0 Å². The molecule has 0 nitrogen and oxygen atoms in total. The fourth-order valence-corrected chi connectivity index (χ4v) is 12.5. The van der Waals surface area contributed by atoms with Crippen molar-refractivity contribution in [2.75, 3.05) is 0 Å². The van der Waals surface area contributed by atoms with E-state index in [2.05, 4.69) is 67.2 Å². The first-order valence-corrected chi connectivity index (χ1v) is 22.3. The number of halogens is 15. The molecule has 2 saturated carbocycles. The van der Waals surface area contributed by atoms with Gasteiger partial charge >= 0.3 is 30.9 Å². The van der Waals surface area contributed by atoms with Gasteiger partial charge in [0.1, 0.15) is 0 Å². The number of alkyl halides is 15. The van der Waals surface area contributed by atoms with Gasteiger partial charge in [0, 0.05) is 52.3 Å². The van der Waals surface area contributed by atoms with Crippen LogP contribution in [0.2, 0.25) is 0 Å². The summed E-state index contributed by atoms with van der Waals surface area (Å²) in [6.45, 7) is 14.1. The summed E-state index contributed by atoms with van der Waals surface area (Å²) in [5.74, 6) is -0.426. The van der Waals surface area contributed by atoms with E-state index in [-0.39, 0.29) is 82.4 Å². The van der Waals surface area contributed by atoms with Crippen LogP contribution in [-0.2, 0) is 48.0 Å². The molecule has 5 aromatic rings. The second-order valence-corrected chi connectivity index (χ2v) is 21.9. The van der Waals surface area contributed by atoms with Gasteiger partial charge in [0.25, 0.3) is 0 Å². The van der Waals surface area contributed by atoms with Crippen molar-refractivity contribution < 1.29 is 82.9 Å².